The average molecular weight is 482 g/mol. The highest BCUT2D eigenvalue weighted by Crippen LogP contribution is 2.29. The molecule has 12 heteroatoms. The van der Waals surface area contributed by atoms with Crippen LogP contribution in [0.15, 0.2) is 38.7 Å². The van der Waals surface area contributed by atoms with E-state index in [1.807, 2.05) is 18.4 Å². The van der Waals surface area contributed by atoms with Gasteiger partial charge >= 0.3 is 0 Å². The number of hydrogen-bond donors (Lipinski definition) is 0. The van der Waals surface area contributed by atoms with Crippen molar-refractivity contribution in [3.05, 3.63) is 41.6 Å². The third kappa shape index (κ3) is 5.21. The molecular weight excluding hydrogens is 454 g/mol. The van der Waals surface area contributed by atoms with Crippen LogP contribution in [0.2, 0.25) is 0 Å². The number of oxazole rings is 1. The zero-order valence-corrected chi connectivity index (χ0v) is 20.5. The highest BCUT2D eigenvalue weighted by Gasteiger charge is 2.22. The van der Waals surface area contributed by atoms with E-state index in [0.29, 0.717) is 34.7 Å². The lowest BCUT2D eigenvalue weighted by atomic mass is 10.2. The molecule has 0 saturated heterocycles. The van der Waals surface area contributed by atoms with Gasteiger partial charge in [-0.1, -0.05) is 23.9 Å². The monoisotopic (exact) mass is 481 g/mol. The molecule has 0 aliphatic heterocycles. The second-order valence-electron chi connectivity index (χ2n) is 7.17. The van der Waals surface area contributed by atoms with E-state index in [9.17, 15) is 8.42 Å². The average Bonchev–Trinajstić information content (AvgIpc) is 3.32. The Balaban J connectivity index is 1.98. The molecule has 0 amide bonds. The summed E-state index contributed by atoms with van der Waals surface area (Å²) in [6.07, 6.45) is -0.538. The molecule has 0 saturated carbocycles. The van der Waals surface area contributed by atoms with Crippen molar-refractivity contribution in [2.24, 2.45) is 0 Å². The number of benzene rings is 1. The summed E-state index contributed by atoms with van der Waals surface area (Å²) >= 11 is 1.41. The van der Waals surface area contributed by atoms with E-state index < -0.39 is 16.3 Å². The number of aromatic nitrogens is 4. The second kappa shape index (κ2) is 10.1. The van der Waals surface area contributed by atoms with Crippen molar-refractivity contribution in [3.63, 3.8) is 0 Å². The Morgan fingerprint density at radius 2 is 1.91 bits per heavy atom. The van der Waals surface area contributed by atoms with E-state index in [-0.39, 0.29) is 4.90 Å². The van der Waals surface area contributed by atoms with Gasteiger partial charge in [0, 0.05) is 33.9 Å². The van der Waals surface area contributed by atoms with E-state index in [1.165, 1.54) is 30.2 Å². The highest BCUT2D eigenvalue weighted by molar-refractivity contribution is 7.98. The molecule has 1 aromatic carbocycles. The number of hydrogen-bond acceptors (Lipinski definition) is 9. The Bertz CT molecular complexity index is 1150. The molecule has 0 fully saturated rings. The highest BCUT2D eigenvalue weighted by atomic mass is 32.2. The molecule has 0 bridgehead atoms. The van der Waals surface area contributed by atoms with Crippen molar-refractivity contribution in [2.45, 2.75) is 42.5 Å². The maximum atomic E-state index is 12.6. The lowest BCUT2D eigenvalue weighted by Gasteiger charge is -2.17. The van der Waals surface area contributed by atoms with Crippen molar-refractivity contribution < 1.29 is 22.3 Å². The predicted molar refractivity (Wildman–Crippen MR) is 120 cm³/mol. The number of rotatable bonds is 10. The fourth-order valence-corrected chi connectivity index (χ4v) is 4.64. The normalized spacial score (nSPS) is 12.2. The van der Waals surface area contributed by atoms with Crippen LogP contribution in [0.25, 0.3) is 11.4 Å². The second-order valence-corrected chi connectivity index (χ2v) is 10.3. The number of methoxy groups -OCH3 is 2. The van der Waals surface area contributed by atoms with E-state index in [2.05, 4.69) is 15.2 Å². The molecule has 0 atom stereocenters. The van der Waals surface area contributed by atoms with Crippen LogP contribution in [0.3, 0.4) is 0 Å². The first kappa shape index (κ1) is 24.4. The fraction of sp³-hybridized carbons (Fsp3) is 0.450. The summed E-state index contributed by atoms with van der Waals surface area (Å²) in [5, 5.41) is 9.26. The summed E-state index contributed by atoms with van der Waals surface area (Å²) < 4.78 is 44.6. The van der Waals surface area contributed by atoms with Gasteiger partial charge in [-0.25, -0.2) is 17.7 Å². The number of ether oxygens (including phenoxy) is 2. The summed E-state index contributed by atoms with van der Waals surface area (Å²) in [4.78, 5) is 4.57. The summed E-state index contributed by atoms with van der Waals surface area (Å²) in [5.74, 6) is 2.34. The molecule has 0 N–H and O–H groups in total. The number of nitrogens with zero attached hydrogens (tertiary/aromatic N) is 5. The van der Waals surface area contributed by atoms with Crippen LogP contribution in [-0.4, -0.2) is 67.1 Å². The third-order valence-electron chi connectivity index (χ3n) is 4.84. The third-order valence-corrected chi connectivity index (χ3v) is 7.61. The maximum absolute atomic E-state index is 12.6. The fourth-order valence-electron chi connectivity index (χ4n) is 2.90. The van der Waals surface area contributed by atoms with Gasteiger partial charge in [0.2, 0.25) is 15.9 Å². The largest absolute Gasteiger partial charge is 0.445 e. The van der Waals surface area contributed by atoms with Crippen molar-refractivity contribution in [2.75, 3.05) is 28.3 Å². The first-order chi connectivity index (χ1) is 15.2. The first-order valence-corrected chi connectivity index (χ1v) is 12.2. The van der Waals surface area contributed by atoms with Crippen LogP contribution < -0.4 is 0 Å². The van der Waals surface area contributed by atoms with E-state index >= 15 is 0 Å². The van der Waals surface area contributed by atoms with Crippen LogP contribution in [-0.2, 0) is 31.8 Å². The Labute approximate surface area is 192 Å². The minimum Gasteiger partial charge on any atom is -0.445 e. The molecule has 0 unspecified atom stereocenters. The minimum atomic E-state index is -3.59. The molecule has 3 rings (SSSR count). The molecule has 32 heavy (non-hydrogen) atoms. The first-order valence-electron chi connectivity index (χ1n) is 9.74. The molecule has 10 nitrogen and oxygen atoms in total. The Hall–Kier alpha value is -2.25. The molecule has 0 aliphatic rings. The maximum Gasteiger partial charge on any atom is 0.242 e. The molecule has 2 heterocycles. The van der Waals surface area contributed by atoms with Gasteiger partial charge in [0.1, 0.15) is 5.76 Å². The summed E-state index contributed by atoms with van der Waals surface area (Å²) in [5.41, 5.74) is 1.46. The quantitative estimate of drug-likeness (QED) is 0.318. The zero-order chi connectivity index (χ0) is 23.5. The SMILES string of the molecule is COC(Cn1c(SCc2nc(C)c(C)o2)nnc1-c1cccc(S(=O)(=O)N(C)C)c1)OC. The Kier molecular flexibility index (Phi) is 7.72. The molecule has 0 aliphatic carbocycles. The van der Waals surface area contributed by atoms with E-state index in [0.717, 1.165) is 11.5 Å². The number of sulfonamides is 1. The predicted octanol–water partition coefficient (Wildman–Crippen LogP) is 2.71. The van der Waals surface area contributed by atoms with Crippen molar-refractivity contribution in [1.82, 2.24) is 24.1 Å². The number of aryl methyl sites for hydroxylation is 2. The van der Waals surface area contributed by atoms with Crippen LogP contribution >= 0.6 is 11.8 Å². The van der Waals surface area contributed by atoms with Crippen molar-refractivity contribution in [3.8, 4) is 11.4 Å². The van der Waals surface area contributed by atoms with Crippen molar-refractivity contribution in [1.29, 1.82) is 0 Å². The standard InChI is InChI=1S/C20H27N5O5S2/c1-13-14(2)30-17(21-13)12-31-20-23-22-19(25(20)11-18(28-5)29-6)15-8-7-9-16(10-15)32(26,27)24(3)4/h7-10,18H,11-12H2,1-6H3. The van der Waals surface area contributed by atoms with Gasteiger partial charge in [0.25, 0.3) is 0 Å². The molecule has 2 aromatic heterocycles. The van der Waals surface area contributed by atoms with Crippen LogP contribution in [0.5, 0.6) is 0 Å². The molecule has 174 valence electrons. The number of thioether (sulfide) groups is 1. The summed E-state index contributed by atoms with van der Waals surface area (Å²) in [6.45, 7) is 4.07. The van der Waals surface area contributed by atoms with Crippen LogP contribution in [0.1, 0.15) is 17.3 Å². The molecule has 0 radical (unpaired) electrons. The summed E-state index contributed by atoms with van der Waals surface area (Å²) in [6, 6.07) is 6.61. The molecule has 3 aromatic rings. The minimum absolute atomic E-state index is 0.171. The Morgan fingerprint density at radius 3 is 2.50 bits per heavy atom. The smallest absolute Gasteiger partial charge is 0.242 e. The zero-order valence-electron chi connectivity index (χ0n) is 18.9. The van der Waals surface area contributed by atoms with Gasteiger partial charge in [-0.15, -0.1) is 10.2 Å². The lowest BCUT2D eigenvalue weighted by Crippen LogP contribution is -2.22. The molecular formula is C20H27N5O5S2. The van der Waals surface area contributed by atoms with Crippen LogP contribution in [0.4, 0.5) is 0 Å². The van der Waals surface area contributed by atoms with Gasteiger partial charge in [-0.3, -0.25) is 4.57 Å². The van der Waals surface area contributed by atoms with Crippen LogP contribution in [0, 0.1) is 13.8 Å². The lowest BCUT2D eigenvalue weighted by molar-refractivity contribution is -0.111. The van der Waals surface area contributed by atoms with E-state index in [1.54, 1.807) is 38.5 Å². The van der Waals surface area contributed by atoms with Gasteiger partial charge in [0.15, 0.2) is 17.3 Å². The van der Waals surface area contributed by atoms with E-state index in [4.69, 9.17) is 13.9 Å². The van der Waals surface area contributed by atoms with Gasteiger partial charge in [-0.2, -0.15) is 0 Å². The van der Waals surface area contributed by atoms with Crippen molar-refractivity contribution >= 4 is 21.8 Å². The van der Waals surface area contributed by atoms with Gasteiger partial charge in [-0.05, 0) is 26.0 Å². The topological polar surface area (TPSA) is 113 Å². The summed E-state index contributed by atoms with van der Waals surface area (Å²) in [7, 11) is 2.49. The Morgan fingerprint density at radius 1 is 1.19 bits per heavy atom. The molecule has 0 spiro atoms. The van der Waals surface area contributed by atoms with Gasteiger partial charge in [0.05, 0.1) is 22.9 Å². The van der Waals surface area contributed by atoms with Gasteiger partial charge < -0.3 is 13.9 Å².